The van der Waals surface area contributed by atoms with Crippen LogP contribution in [0.1, 0.15) is 73.1 Å². The van der Waals surface area contributed by atoms with Crippen molar-refractivity contribution in [2.45, 2.75) is 78.7 Å². The fourth-order valence-corrected chi connectivity index (χ4v) is 7.20. The third kappa shape index (κ3) is 3.24. The predicted molar refractivity (Wildman–Crippen MR) is 111 cm³/mol. The van der Waals surface area contributed by atoms with Gasteiger partial charge >= 0.3 is 6.09 Å². The fourth-order valence-electron chi connectivity index (χ4n) is 7.20. The zero-order chi connectivity index (χ0) is 21.2. The number of ether oxygens (including phenoxy) is 1. The molecule has 6 atom stereocenters. The van der Waals surface area contributed by atoms with Crippen LogP contribution in [0.25, 0.3) is 0 Å². The highest BCUT2D eigenvalue weighted by Crippen LogP contribution is 2.65. The van der Waals surface area contributed by atoms with Crippen LogP contribution in [-0.2, 0) is 9.53 Å². The molecule has 0 radical (unpaired) electrons. The van der Waals surface area contributed by atoms with Crippen molar-refractivity contribution in [1.29, 1.82) is 0 Å². The number of carbonyl (C=O) groups is 2. The van der Waals surface area contributed by atoms with E-state index in [4.69, 9.17) is 4.74 Å². The van der Waals surface area contributed by atoms with Crippen molar-refractivity contribution in [3.8, 4) is 0 Å². The molecule has 1 amide bonds. The van der Waals surface area contributed by atoms with Crippen molar-refractivity contribution in [2.75, 3.05) is 13.2 Å². The molecule has 0 bridgehead atoms. The van der Waals surface area contributed by atoms with Gasteiger partial charge in [0.1, 0.15) is 5.60 Å². The standard InChI is InChI=1S/C24H37NO4/c1-22(2,3)29-21(28)25-13-17-18-7-6-15(14-26)23(18,4)11-9-19(17)24(5)10-8-16(27)12-20(24)25/h12,15,17-19,26H,6-11,13-14H2,1-5H3/t15-,17+,18+,19+,23-,24-/m1/s1. The molecule has 5 heteroatoms. The Morgan fingerprint density at radius 3 is 2.59 bits per heavy atom. The van der Waals surface area contributed by atoms with E-state index in [9.17, 15) is 14.7 Å². The van der Waals surface area contributed by atoms with Gasteiger partial charge < -0.3 is 9.84 Å². The Morgan fingerprint density at radius 2 is 1.93 bits per heavy atom. The van der Waals surface area contributed by atoms with E-state index in [0.29, 0.717) is 36.6 Å². The molecular formula is C24H37NO4. The van der Waals surface area contributed by atoms with Crippen LogP contribution in [0.3, 0.4) is 0 Å². The van der Waals surface area contributed by atoms with E-state index in [1.165, 1.54) is 0 Å². The first-order chi connectivity index (χ1) is 13.5. The summed E-state index contributed by atoms with van der Waals surface area (Å²) >= 11 is 0. The lowest BCUT2D eigenvalue weighted by atomic mass is 9.49. The lowest BCUT2D eigenvalue weighted by Crippen LogP contribution is -2.59. The minimum Gasteiger partial charge on any atom is -0.443 e. The molecular weight excluding hydrogens is 366 g/mol. The van der Waals surface area contributed by atoms with Crippen molar-refractivity contribution in [3.63, 3.8) is 0 Å². The maximum atomic E-state index is 13.2. The predicted octanol–water partition coefficient (Wildman–Crippen LogP) is 4.54. The van der Waals surface area contributed by atoms with Crippen molar-refractivity contribution in [3.05, 3.63) is 11.8 Å². The molecule has 0 aromatic heterocycles. The second-order valence-corrected chi connectivity index (χ2v) is 11.4. The van der Waals surface area contributed by atoms with Crippen molar-refractivity contribution >= 4 is 11.9 Å². The van der Waals surface area contributed by atoms with Gasteiger partial charge in [-0.15, -0.1) is 0 Å². The van der Waals surface area contributed by atoms with E-state index in [2.05, 4.69) is 13.8 Å². The molecule has 29 heavy (non-hydrogen) atoms. The molecule has 0 spiro atoms. The number of rotatable bonds is 1. The van der Waals surface area contributed by atoms with Gasteiger partial charge in [-0.05, 0) is 82.0 Å². The topological polar surface area (TPSA) is 66.8 Å². The third-order valence-electron chi connectivity index (χ3n) is 8.74. The van der Waals surface area contributed by atoms with Gasteiger partial charge in [0.2, 0.25) is 0 Å². The summed E-state index contributed by atoms with van der Waals surface area (Å²) in [6, 6.07) is 0. The first-order valence-corrected chi connectivity index (χ1v) is 11.4. The van der Waals surface area contributed by atoms with E-state index in [0.717, 1.165) is 37.8 Å². The second-order valence-electron chi connectivity index (χ2n) is 11.4. The summed E-state index contributed by atoms with van der Waals surface area (Å²) in [5.41, 5.74) is 0.300. The van der Waals surface area contributed by atoms with E-state index in [-0.39, 0.29) is 29.3 Å². The molecule has 5 nitrogen and oxygen atoms in total. The monoisotopic (exact) mass is 403 g/mol. The first-order valence-electron chi connectivity index (χ1n) is 11.4. The zero-order valence-electron chi connectivity index (χ0n) is 18.7. The lowest BCUT2D eigenvalue weighted by molar-refractivity contribution is -0.119. The second kappa shape index (κ2) is 6.83. The number of hydrogen-bond acceptors (Lipinski definition) is 4. The molecule has 2 saturated carbocycles. The Kier molecular flexibility index (Phi) is 4.92. The lowest BCUT2D eigenvalue weighted by Gasteiger charge is -2.60. The van der Waals surface area contributed by atoms with Gasteiger partial charge in [0.25, 0.3) is 0 Å². The Labute approximate surface area is 174 Å². The van der Waals surface area contributed by atoms with Crippen LogP contribution >= 0.6 is 0 Å². The molecule has 1 heterocycles. The van der Waals surface area contributed by atoms with Crippen LogP contribution < -0.4 is 0 Å². The molecule has 1 saturated heterocycles. The molecule has 0 aromatic rings. The highest BCUT2D eigenvalue weighted by atomic mass is 16.6. The van der Waals surface area contributed by atoms with Gasteiger partial charge in [0.15, 0.2) is 5.78 Å². The number of aliphatic hydroxyl groups excluding tert-OH is 1. The summed E-state index contributed by atoms with van der Waals surface area (Å²) in [5.74, 6) is 1.87. The van der Waals surface area contributed by atoms with Gasteiger partial charge in [-0.25, -0.2) is 4.79 Å². The van der Waals surface area contributed by atoms with Crippen LogP contribution in [0, 0.1) is 34.5 Å². The fraction of sp³-hybridized carbons (Fsp3) is 0.833. The largest absolute Gasteiger partial charge is 0.443 e. The molecule has 1 aliphatic heterocycles. The number of carbonyl (C=O) groups excluding carboxylic acids is 2. The Morgan fingerprint density at radius 1 is 1.21 bits per heavy atom. The normalized spacial score (nSPS) is 41.9. The highest BCUT2D eigenvalue weighted by molar-refractivity contribution is 5.92. The maximum absolute atomic E-state index is 13.2. The molecule has 0 aromatic carbocycles. The van der Waals surface area contributed by atoms with Gasteiger partial charge in [-0.2, -0.15) is 0 Å². The summed E-state index contributed by atoms with van der Waals surface area (Å²) in [5, 5.41) is 9.97. The summed E-state index contributed by atoms with van der Waals surface area (Å²) in [6.45, 7) is 11.2. The molecule has 1 N–H and O–H groups in total. The number of piperidine rings is 1. The minimum atomic E-state index is -0.569. The molecule has 4 aliphatic rings. The van der Waals surface area contributed by atoms with Gasteiger partial charge in [0.05, 0.1) is 0 Å². The Hall–Kier alpha value is -1.36. The van der Waals surface area contributed by atoms with Crippen molar-refractivity contribution in [2.24, 2.45) is 34.5 Å². The smallest absolute Gasteiger partial charge is 0.414 e. The van der Waals surface area contributed by atoms with Gasteiger partial charge in [-0.1, -0.05) is 13.8 Å². The highest BCUT2D eigenvalue weighted by Gasteiger charge is 2.61. The molecule has 3 fully saturated rings. The summed E-state index contributed by atoms with van der Waals surface area (Å²) in [4.78, 5) is 27.3. The van der Waals surface area contributed by atoms with Gasteiger partial charge in [-0.3, -0.25) is 9.69 Å². The molecule has 0 unspecified atom stereocenters. The van der Waals surface area contributed by atoms with Gasteiger partial charge in [0, 0.05) is 36.8 Å². The van der Waals surface area contributed by atoms with Crippen LogP contribution in [0.4, 0.5) is 4.79 Å². The van der Waals surface area contributed by atoms with Crippen LogP contribution in [-0.4, -0.2) is 40.6 Å². The number of hydrogen-bond donors (Lipinski definition) is 1. The summed E-state index contributed by atoms with van der Waals surface area (Å²) < 4.78 is 5.76. The number of nitrogens with zero attached hydrogens (tertiary/aromatic N) is 1. The average molecular weight is 404 g/mol. The summed E-state index contributed by atoms with van der Waals surface area (Å²) in [7, 11) is 0. The molecule has 4 rings (SSSR count). The number of allylic oxidation sites excluding steroid dienone is 2. The number of fused-ring (bicyclic) bond motifs is 5. The first kappa shape index (κ1) is 20.9. The average Bonchev–Trinajstić information content (AvgIpc) is 2.97. The van der Waals surface area contributed by atoms with E-state index >= 15 is 0 Å². The van der Waals surface area contributed by atoms with Crippen molar-refractivity contribution in [1.82, 2.24) is 4.90 Å². The van der Waals surface area contributed by atoms with Crippen LogP contribution in [0.2, 0.25) is 0 Å². The molecule has 162 valence electrons. The van der Waals surface area contributed by atoms with Crippen LogP contribution in [0.15, 0.2) is 11.8 Å². The number of ketones is 1. The maximum Gasteiger partial charge on any atom is 0.414 e. The van der Waals surface area contributed by atoms with E-state index in [1.807, 2.05) is 20.8 Å². The van der Waals surface area contributed by atoms with Crippen LogP contribution in [0.5, 0.6) is 0 Å². The number of likely N-dealkylation sites (tertiary alicyclic amines) is 1. The summed E-state index contributed by atoms with van der Waals surface area (Å²) in [6.07, 6.45) is 7.21. The number of aliphatic hydroxyl groups is 1. The van der Waals surface area contributed by atoms with Crippen molar-refractivity contribution < 1.29 is 19.4 Å². The Balaban J connectivity index is 1.73. The minimum absolute atomic E-state index is 0.117. The zero-order valence-corrected chi connectivity index (χ0v) is 18.7. The molecule has 3 aliphatic carbocycles. The Bertz CT molecular complexity index is 738. The van der Waals surface area contributed by atoms with E-state index < -0.39 is 5.60 Å². The quantitative estimate of drug-likeness (QED) is 0.698. The third-order valence-corrected chi connectivity index (χ3v) is 8.74. The van der Waals surface area contributed by atoms with E-state index in [1.54, 1.807) is 11.0 Å². The SMILES string of the molecule is CC(C)(C)OC(=O)N1C[C@H]2[C@@H]3CC[C@H](CO)[C@@]3(C)CC[C@@H]2[C@@]2(C)CCC(=O)C=C12. The number of amides is 1.